The van der Waals surface area contributed by atoms with Crippen LogP contribution in [0.25, 0.3) is 22.4 Å². The molecule has 3 aromatic rings. The van der Waals surface area contributed by atoms with Crippen molar-refractivity contribution in [2.24, 2.45) is 0 Å². The SMILES string of the molecule is Cc1ccc(-c2c(-c3cccnc3)noc2N)cc1. The summed E-state index contributed by atoms with van der Waals surface area (Å²) < 4.78 is 5.13. The van der Waals surface area contributed by atoms with Gasteiger partial charge < -0.3 is 10.3 Å². The first kappa shape index (κ1) is 11.5. The molecule has 4 nitrogen and oxygen atoms in total. The normalized spacial score (nSPS) is 10.6. The van der Waals surface area contributed by atoms with E-state index in [9.17, 15) is 0 Å². The molecule has 0 unspecified atom stereocenters. The zero-order valence-corrected chi connectivity index (χ0v) is 10.5. The van der Waals surface area contributed by atoms with Crippen molar-refractivity contribution in [1.82, 2.24) is 10.1 Å². The van der Waals surface area contributed by atoms with E-state index in [4.69, 9.17) is 10.3 Å². The lowest BCUT2D eigenvalue weighted by Gasteiger charge is -2.03. The molecule has 0 fully saturated rings. The molecule has 94 valence electrons. The number of hydrogen-bond acceptors (Lipinski definition) is 4. The quantitative estimate of drug-likeness (QED) is 0.759. The van der Waals surface area contributed by atoms with Crippen LogP contribution in [0.15, 0.2) is 53.3 Å². The Morgan fingerprint density at radius 3 is 2.53 bits per heavy atom. The average molecular weight is 251 g/mol. The number of aryl methyl sites for hydroxylation is 1. The van der Waals surface area contributed by atoms with E-state index in [2.05, 4.69) is 10.1 Å². The number of nitrogen functional groups attached to an aromatic ring is 1. The molecule has 0 amide bonds. The summed E-state index contributed by atoms with van der Waals surface area (Å²) >= 11 is 0. The number of anilines is 1. The Morgan fingerprint density at radius 2 is 1.84 bits per heavy atom. The fourth-order valence-electron chi connectivity index (χ4n) is 2.00. The third kappa shape index (κ3) is 2.08. The van der Waals surface area contributed by atoms with Crippen molar-refractivity contribution < 1.29 is 4.52 Å². The average Bonchev–Trinajstić information content (AvgIpc) is 2.83. The minimum atomic E-state index is 0.322. The standard InChI is InChI=1S/C15H13N3O/c1-10-4-6-11(7-5-10)13-14(18-19-15(13)16)12-3-2-8-17-9-12/h2-9H,16H2,1H3. The molecule has 3 rings (SSSR count). The molecular weight excluding hydrogens is 238 g/mol. The lowest BCUT2D eigenvalue weighted by Crippen LogP contribution is -1.88. The molecule has 0 spiro atoms. The van der Waals surface area contributed by atoms with Crippen LogP contribution in [0.4, 0.5) is 5.88 Å². The van der Waals surface area contributed by atoms with Crippen LogP contribution in [0.2, 0.25) is 0 Å². The molecule has 0 saturated carbocycles. The van der Waals surface area contributed by atoms with E-state index in [1.807, 2.05) is 43.3 Å². The van der Waals surface area contributed by atoms with Crippen LogP contribution in [0.5, 0.6) is 0 Å². The molecular formula is C15H13N3O. The van der Waals surface area contributed by atoms with Gasteiger partial charge in [0.25, 0.3) is 0 Å². The van der Waals surface area contributed by atoms with Crippen LogP contribution in [-0.2, 0) is 0 Å². The Kier molecular flexibility index (Phi) is 2.76. The van der Waals surface area contributed by atoms with E-state index in [0.29, 0.717) is 5.88 Å². The van der Waals surface area contributed by atoms with Crippen molar-refractivity contribution in [3.63, 3.8) is 0 Å². The second kappa shape index (κ2) is 4.57. The molecule has 0 aliphatic rings. The highest BCUT2D eigenvalue weighted by molar-refractivity contribution is 5.86. The van der Waals surface area contributed by atoms with Crippen molar-refractivity contribution in [2.75, 3.05) is 5.73 Å². The summed E-state index contributed by atoms with van der Waals surface area (Å²) in [5.74, 6) is 0.322. The van der Waals surface area contributed by atoms with E-state index in [1.165, 1.54) is 5.56 Å². The molecule has 1 aromatic carbocycles. The first-order chi connectivity index (χ1) is 9.25. The van der Waals surface area contributed by atoms with Gasteiger partial charge in [-0.1, -0.05) is 35.0 Å². The summed E-state index contributed by atoms with van der Waals surface area (Å²) in [6.07, 6.45) is 3.47. The Labute approximate surface area is 110 Å². The van der Waals surface area contributed by atoms with Crippen LogP contribution in [0.3, 0.4) is 0 Å². The van der Waals surface area contributed by atoms with Gasteiger partial charge in [-0.25, -0.2) is 0 Å². The third-order valence-corrected chi connectivity index (χ3v) is 2.99. The van der Waals surface area contributed by atoms with Gasteiger partial charge in [0.15, 0.2) is 0 Å². The molecule has 0 aliphatic heterocycles. The van der Waals surface area contributed by atoms with Gasteiger partial charge in [-0.15, -0.1) is 0 Å². The largest absolute Gasteiger partial charge is 0.367 e. The van der Waals surface area contributed by atoms with E-state index in [-0.39, 0.29) is 0 Å². The monoisotopic (exact) mass is 251 g/mol. The van der Waals surface area contributed by atoms with E-state index < -0.39 is 0 Å². The predicted molar refractivity (Wildman–Crippen MR) is 74.3 cm³/mol. The number of nitrogens with two attached hydrogens (primary N) is 1. The highest BCUT2D eigenvalue weighted by atomic mass is 16.5. The molecule has 0 aliphatic carbocycles. The van der Waals surface area contributed by atoms with Crippen LogP contribution in [-0.4, -0.2) is 10.1 Å². The van der Waals surface area contributed by atoms with Gasteiger partial charge in [-0.3, -0.25) is 4.98 Å². The zero-order valence-electron chi connectivity index (χ0n) is 10.5. The summed E-state index contributed by atoms with van der Waals surface area (Å²) in [5, 5.41) is 4.04. The van der Waals surface area contributed by atoms with Crippen molar-refractivity contribution in [2.45, 2.75) is 6.92 Å². The number of rotatable bonds is 2. The van der Waals surface area contributed by atoms with Gasteiger partial charge in [0, 0.05) is 18.0 Å². The molecule has 2 heterocycles. The molecule has 2 N–H and O–H groups in total. The van der Waals surface area contributed by atoms with E-state index >= 15 is 0 Å². The number of nitrogens with zero attached hydrogens (tertiary/aromatic N) is 2. The molecule has 0 radical (unpaired) electrons. The van der Waals surface area contributed by atoms with E-state index in [0.717, 1.165) is 22.4 Å². The van der Waals surface area contributed by atoms with Crippen LogP contribution < -0.4 is 5.73 Å². The van der Waals surface area contributed by atoms with Crippen molar-refractivity contribution in [3.8, 4) is 22.4 Å². The first-order valence-corrected chi connectivity index (χ1v) is 5.98. The van der Waals surface area contributed by atoms with Crippen LogP contribution in [0.1, 0.15) is 5.56 Å². The topological polar surface area (TPSA) is 64.9 Å². The maximum atomic E-state index is 5.90. The van der Waals surface area contributed by atoms with Gasteiger partial charge in [-0.05, 0) is 24.6 Å². The fraction of sp³-hybridized carbons (Fsp3) is 0.0667. The maximum absolute atomic E-state index is 5.90. The van der Waals surface area contributed by atoms with Crippen molar-refractivity contribution >= 4 is 5.88 Å². The van der Waals surface area contributed by atoms with Gasteiger partial charge in [-0.2, -0.15) is 0 Å². The van der Waals surface area contributed by atoms with Crippen LogP contribution in [0, 0.1) is 6.92 Å². The Hall–Kier alpha value is -2.62. The fourth-order valence-corrected chi connectivity index (χ4v) is 2.00. The molecule has 2 aromatic heterocycles. The lowest BCUT2D eigenvalue weighted by molar-refractivity contribution is 0.439. The highest BCUT2D eigenvalue weighted by Crippen LogP contribution is 2.35. The Bertz CT molecular complexity index is 687. The van der Waals surface area contributed by atoms with Gasteiger partial charge in [0.2, 0.25) is 5.88 Å². The van der Waals surface area contributed by atoms with Gasteiger partial charge in [0.1, 0.15) is 5.69 Å². The van der Waals surface area contributed by atoms with E-state index in [1.54, 1.807) is 12.4 Å². The summed E-state index contributed by atoms with van der Waals surface area (Å²) in [4.78, 5) is 4.10. The number of pyridine rings is 1. The molecule has 0 atom stereocenters. The summed E-state index contributed by atoms with van der Waals surface area (Å²) in [7, 11) is 0. The zero-order chi connectivity index (χ0) is 13.2. The maximum Gasteiger partial charge on any atom is 0.230 e. The molecule has 0 saturated heterocycles. The number of hydrogen-bond donors (Lipinski definition) is 1. The molecule has 0 bridgehead atoms. The predicted octanol–water partition coefficient (Wildman–Crippen LogP) is 3.29. The molecule has 19 heavy (non-hydrogen) atoms. The number of benzene rings is 1. The lowest BCUT2D eigenvalue weighted by atomic mass is 10.0. The van der Waals surface area contributed by atoms with Gasteiger partial charge >= 0.3 is 0 Å². The van der Waals surface area contributed by atoms with Gasteiger partial charge in [0.05, 0.1) is 5.56 Å². The third-order valence-electron chi connectivity index (χ3n) is 2.99. The second-order valence-corrected chi connectivity index (χ2v) is 4.38. The minimum Gasteiger partial charge on any atom is -0.367 e. The highest BCUT2D eigenvalue weighted by Gasteiger charge is 2.17. The second-order valence-electron chi connectivity index (χ2n) is 4.38. The number of aromatic nitrogens is 2. The smallest absolute Gasteiger partial charge is 0.230 e. The Balaban J connectivity index is 2.17. The Morgan fingerprint density at radius 1 is 1.05 bits per heavy atom. The van der Waals surface area contributed by atoms with Crippen LogP contribution >= 0.6 is 0 Å². The van der Waals surface area contributed by atoms with Crippen molar-refractivity contribution in [1.29, 1.82) is 0 Å². The molecule has 4 heteroatoms. The van der Waals surface area contributed by atoms with Crippen molar-refractivity contribution in [3.05, 3.63) is 54.4 Å². The summed E-state index contributed by atoms with van der Waals surface area (Å²) in [5.41, 5.74) is 10.5. The minimum absolute atomic E-state index is 0.322. The summed E-state index contributed by atoms with van der Waals surface area (Å²) in [6, 6.07) is 11.9. The summed E-state index contributed by atoms with van der Waals surface area (Å²) in [6.45, 7) is 2.04. The first-order valence-electron chi connectivity index (χ1n) is 5.98.